The van der Waals surface area contributed by atoms with Crippen LogP contribution in [-0.2, 0) is 0 Å². The Hall–Kier alpha value is -2.27. The van der Waals surface area contributed by atoms with Gasteiger partial charge in [0.2, 0.25) is 5.88 Å². The second-order valence-corrected chi connectivity index (χ2v) is 2.86. The van der Waals surface area contributed by atoms with Crippen molar-refractivity contribution in [1.82, 2.24) is 4.98 Å². The van der Waals surface area contributed by atoms with Crippen molar-refractivity contribution in [3.63, 3.8) is 0 Å². The van der Waals surface area contributed by atoms with Crippen LogP contribution in [0.4, 0.5) is 0 Å². The van der Waals surface area contributed by atoms with Crippen LogP contribution in [-0.4, -0.2) is 4.98 Å². The second kappa shape index (κ2) is 4.83. The number of ether oxygens (including phenoxy) is 1. The van der Waals surface area contributed by atoms with E-state index in [2.05, 4.69) is 17.0 Å². The van der Waals surface area contributed by atoms with Gasteiger partial charge in [-0.1, -0.05) is 24.3 Å². The first-order valence-electron chi connectivity index (χ1n) is 4.59. The Bertz CT molecular complexity index is 468. The molecule has 2 rings (SSSR count). The molecular formula is C13H9NO. The third-order valence-electron chi connectivity index (χ3n) is 1.76. The van der Waals surface area contributed by atoms with Crippen molar-refractivity contribution in [3.05, 3.63) is 60.3 Å². The predicted octanol–water partition coefficient (Wildman–Crippen LogP) is 2.47. The van der Waals surface area contributed by atoms with Gasteiger partial charge >= 0.3 is 0 Å². The number of hydrogen-bond acceptors (Lipinski definition) is 2. The highest BCUT2D eigenvalue weighted by atomic mass is 16.5. The third kappa shape index (κ3) is 2.85. The van der Waals surface area contributed by atoms with Crippen molar-refractivity contribution in [2.24, 2.45) is 0 Å². The topological polar surface area (TPSA) is 22.1 Å². The number of hydrogen-bond donors (Lipinski definition) is 0. The summed E-state index contributed by atoms with van der Waals surface area (Å²) in [6.07, 6.45) is 4.27. The summed E-state index contributed by atoms with van der Waals surface area (Å²) in [5.74, 6) is 3.40. The van der Waals surface area contributed by atoms with E-state index < -0.39 is 0 Å². The van der Waals surface area contributed by atoms with E-state index in [1.807, 2.05) is 42.5 Å². The molecule has 0 bridgehead atoms. The molecular weight excluding hydrogens is 186 g/mol. The van der Waals surface area contributed by atoms with Gasteiger partial charge in [0.15, 0.2) is 0 Å². The Morgan fingerprint density at radius 3 is 2.47 bits per heavy atom. The fourth-order valence-corrected chi connectivity index (χ4v) is 1.07. The zero-order chi connectivity index (χ0) is 10.3. The first-order valence-corrected chi connectivity index (χ1v) is 4.59. The van der Waals surface area contributed by atoms with E-state index in [-0.39, 0.29) is 0 Å². The second-order valence-electron chi connectivity index (χ2n) is 2.86. The van der Waals surface area contributed by atoms with Gasteiger partial charge in [-0.2, -0.15) is 0 Å². The van der Waals surface area contributed by atoms with Crippen LogP contribution in [0.5, 0.6) is 5.88 Å². The van der Waals surface area contributed by atoms with E-state index >= 15 is 0 Å². The van der Waals surface area contributed by atoms with Crippen LogP contribution in [0.25, 0.3) is 0 Å². The summed E-state index contributed by atoms with van der Waals surface area (Å²) in [5.41, 5.74) is 0.924. The van der Waals surface area contributed by atoms with Crippen molar-refractivity contribution < 1.29 is 4.74 Å². The minimum atomic E-state index is 0.515. The van der Waals surface area contributed by atoms with E-state index in [9.17, 15) is 0 Å². The minimum Gasteiger partial charge on any atom is -0.387 e. The SMILES string of the molecule is C(#Cc1ccccc1)Oc1ccccn1. The molecule has 0 spiro atoms. The fraction of sp³-hybridized carbons (Fsp3) is 0. The van der Waals surface area contributed by atoms with Crippen LogP contribution in [0.2, 0.25) is 0 Å². The normalized spacial score (nSPS) is 8.80. The monoisotopic (exact) mass is 195 g/mol. The zero-order valence-corrected chi connectivity index (χ0v) is 8.05. The van der Waals surface area contributed by atoms with Gasteiger partial charge in [0.1, 0.15) is 6.11 Å². The lowest BCUT2D eigenvalue weighted by Crippen LogP contribution is -1.85. The minimum absolute atomic E-state index is 0.515. The summed E-state index contributed by atoms with van der Waals surface area (Å²) in [7, 11) is 0. The van der Waals surface area contributed by atoms with Crippen molar-refractivity contribution in [1.29, 1.82) is 0 Å². The summed E-state index contributed by atoms with van der Waals surface area (Å²) < 4.78 is 5.14. The molecule has 0 amide bonds. The van der Waals surface area contributed by atoms with E-state index in [1.165, 1.54) is 0 Å². The van der Waals surface area contributed by atoms with Crippen molar-refractivity contribution in [2.45, 2.75) is 0 Å². The number of aromatic nitrogens is 1. The molecule has 2 nitrogen and oxygen atoms in total. The van der Waals surface area contributed by atoms with Gasteiger partial charge in [-0.05, 0) is 24.1 Å². The van der Waals surface area contributed by atoms with Crippen LogP contribution >= 0.6 is 0 Å². The first-order chi connectivity index (χ1) is 7.45. The molecule has 0 fully saturated rings. The molecule has 0 aliphatic heterocycles. The molecule has 72 valence electrons. The Morgan fingerprint density at radius 1 is 0.933 bits per heavy atom. The Morgan fingerprint density at radius 2 is 1.73 bits per heavy atom. The molecule has 1 heterocycles. The average molecular weight is 195 g/mol. The molecule has 1 aromatic carbocycles. The molecule has 0 unspecified atom stereocenters. The van der Waals surface area contributed by atoms with E-state index in [1.54, 1.807) is 12.3 Å². The standard InChI is InChI=1S/C13H9NO/c1-2-6-12(7-3-1)9-11-15-13-8-4-5-10-14-13/h1-8,10H. The highest BCUT2D eigenvalue weighted by Crippen LogP contribution is 2.02. The lowest BCUT2D eigenvalue weighted by Gasteiger charge is -1.92. The van der Waals surface area contributed by atoms with Crippen LogP contribution in [0, 0.1) is 12.0 Å². The maximum absolute atomic E-state index is 5.14. The van der Waals surface area contributed by atoms with Gasteiger partial charge in [-0.3, -0.25) is 0 Å². The van der Waals surface area contributed by atoms with Gasteiger partial charge in [0.05, 0.1) is 0 Å². The van der Waals surface area contributed by atoms with Gasteiger partial charge in [-0.25, -0.2) is 4.98 Å². The van der Waals surface area contributed by atoms with Gasteiger partial charge in [0, 0.05) is 17.8 Å². The van der Waals surface area contributed by atoms with Gasteiger partial charge in [-0.15, -0.1) is 0 Å². The third-order valence-corrected chi connectivity index (χ3v) is 1.76. The number of pyridine rings is 1. The highest BCUT2D eigenvalue weighted by Gasteiger charge is 1.87. The smallest absolute Gasteiger partial charge is 0.230 e. The molecule has 0 atom stereocenters. The van der Waals surface area contributed by atoms with Crippen LogP contribution in [0.3, 0.4) is 0 Å². The average Bonchev–Trinajstić information content (AvgIpc) is 2.32. The molecule has 0 aliphatic rings. The number of benzene rings is 1. The lowest BCUT2D eigenvalue weighted by molar-refractivity contribution is 0.498. The van der Waals surface area contributed by atoms with Crippen molar-refractivity contribution >= 4 is 0 Å². The maximum Gasteiger partial charge on any atom is 0.230 e. The van der Waals surface area contributed by atoms with Crippen LogP contribution in [0.15, 0.2) is 54.7 Å². The van der Waals surface area contributed by atoms with Crippen molar-refractivity contribution in [2.75, 3.05) is 0 Å². The van der Waals surface area contributed by atoms with Gasteiger partial charge in [0.25, 0.3) is 0 Å². The van der Waals surface area contributed by atoms with E-state index in [0.29, 0.717) is 5.88 Å². The molecule has 2 heteroatoms. The molecule has 0 radical (unpaired) electrons. The van der Waals surface area contributed by atoms with E-state index in [0.717, 1.165) is 5.56 Å². The molecule has 1 aromatic heterocycles. The Balaban J connectivity index is 2.03. The molecule has 0 saturated carbocycles. The summed E-state index contributed by atoms with van der Waals surface area (Å²) >= 11 is 0. The van der Waals surface area contributed by atoms with Gasteiger partial charge < -0.3 is 4.74 Å². The van der Waals surface area contributed by atoms with Crippen LogP contribution < -0.4 is 4.74 Å². The number of nitrogens with zero attached hydrogens (tertiary/aromatic N) is 1. The molecule has 0 saturated heterocycles. The molecule has 2 aromatic rings. The summed E-state index contributed by atoms with van der Waals surface area (Å²) in [4.78, 5) is 3.99. The van der Waals surface area contributed by atoms with Crippen LogP contribution in [0.1, 0.15) is 5.56 Å². The maximum atomic E-state index is 5.14. The predicted molar refractivity (Wildman–Crippen MR) is 58.2 cm³/mol. The summed E-state index contributed by atoms with van der Waals surface area (Å²) in [6.45, 7) is 0. The fourth-order valence-electron chi connectivity index (χ4n) is 1.07. The molecule has 0 N–H and O–H groups in total. The quantitative estimate of drug-likeness (QED) is 0.652. The number of rotatable bonds is 1. The Kier molecular flexibility index (Phi) is 2.99. The molecule has 0 aliphatic carbocycles. The summed E-state index contributed by atoms with van der Waals surface area (Å²) in [6, 6.07) is 15.1. The largest absolute Gasteiger partial charge is 0.387 e. The summed E-state index contributed by atoms with van der Waals surface area (Å²) in [5, 5.41) is 0. The molecule has 15 heavy (non-hydrogen) atoms. The first kappa shape index (κ1) is 9.29. The Labute approximate surface area is 88.6 Å². The zero-order valence-electron chi connectivity index (χ0n) is 8.05. The van der Waals surface area contributed by atoms with E-state index in [4.69, 9.17) is 4.74 Å². The van der Waals surface area contributed by atoms with Crippen molar-refractivity contribution in [3.8, 4) is 17.9 Å². The lowest BCUT2D eigenvalue weighted by atomic mass is 10.2. The highest BCUT2D eigenvalue weighted by molar-refractivity contribution is 5.32.